The lowest BCUT2D eigenvalue weighted by Gasteiger charge is -2.26. The van der Waals surface area contributed by atoms with Crippen molar-refractivity contribution in [3.05, 3.63) is 58.4 Å². The van der Waals surface area contributed by atoms with Crippen molar-refractivity contribution in [3.8, 4) is 11.5 Å². The molecule has 6 heteroatoms. The highest BCUT2D eigenvalue weighted by atomic mass is 35.5. The lowest BCUT2D eigenvalue weighted by molar-refractivity contribution is -0.126. The van der Waals surface area contributed by atoms with E-state index >= 15 is 0 Å². The number of rotatable bonds is 4. The van der Waals surface area contributed by atoms with E-state index < -0.39 is 5.82 Å². The molecule has 1 amide bonds. The van der Waals surface area contributed by atoms with Crippen molar-refractivity contribution in [2.45, 2.75) is 19.4 Å². The van der Waals surface area contributed by atoms with Gasteiger partial charge in [-0.3, -0.25) is 4.79 Å². The van der Waals surface area contributed by atoms with Crippen LogP contribution in [0.5, 0.6) is 11.5 Å². The van der Waals surface area contributed by atoms with Crippen molar-refractivity contribution in [1.82, 2.24) is 5.32 Å². The molecule has 1 aliphatic heterocycles. The molecule has 1 heterocycles. The van der Waals surface area contributed by atoms with Crippen molar-refractivity contribution < 1.29 is 18.7 Å². The first-order valence-electron chi connectivity index (χ1n) is 8.03. The fourth-order valence-electron chi connectivity index (χ4n) is 2.90. The molecule has 0 saturated heterocycles. The third-order valence-electron chi connectivity index (χ3n) is 4.33. The minimum atomic E-state index is -0.453. The Morgan fingerprint density at radius 3 is 2.88 bits per heavy atom. The zero-order valence-corrected chi connectivity index (χ0v) is 14.8. The van der Waals surface area contributed by atoms with Gasteiger partial charge in [0.15, 0.2) is 11.6 Å². The minimum absolute atomic E-state index is 0.130. The number of hydrogen-bond donors (Lipinski definition) is 1. The minimum Gasteiger partial charge on any atom is -0.494 e. The summed E-state index contributed by atoms with van der Waals surface area (Å²) in [5, 5.41) is 3.53. The molecule has 3 rings (SSSR count). The van der Waals surface area contributed by atoms with Crippen molar-refractivity contribution in [3.63, 3.8) is 0 Å². The van der Waals surface area contributed by atoms with Crippen LogP contribution in [0.25, 0.3) is 0 Å². The Balaban J connectivity index is 1.67. The first-order valence-corrected chi connectivity index (χ1v) is 8.40. The molecule has 2 aromatic carbocycles. The van der Waals surface area contributed by atoms with E-state index in [2.05, 4.69) is 5.32 Å². The second-order valence-corrected chi connectivity index (χ2v) is 6.52. The van der Waals surface area contributed by atoms with Crippen molar-refractivity contribution in [1.29, 1.82) is 0 Å². The van der Waals surface area contributed by atoms with Crippen LogP contribution in [-0.4, -0.2) is 19.6 Å². The second kappa shape index (κ2) is 7.31. The molecular formula is C19H19ClFNO3. The standard InChI is InChI=1S/C19H19ClFNO3/c1-11(12-3-5-18(24-2)16(21)9-12)22-19(23)14-7-13-8-15(20)4-6-17(13)25-10-14/h3-6,8-9,11,14H,7,10H2,1-2H3,(H,22,23)/t11-,14-/m0/s1. The molecular weight excluding hydrogens is 345 g/mol. The maximum atomic E-state index is 13.8. The zero-order valence-electron chi connectivity index (χ0n) is 14.0. The molecule has 4 nitrogen and oxygen atoms in total. The number of nitrogens with one attached hydrogen (secondary N) is 1. The number of carbonyl (C=O) groups is 1. The molecule has 2 aromatic rings. The molecule has 0 bridgehead atoms. The Morgan fingerprint density at radius 2 is 2.16 bits per heavy atom. The molecule has 0 spiro atoms. The first-order chi connectivity index (χ1) is 12.0. The Morgan fingerprint density at radius 1 is 1.36 bits per heavy atom. The number of carbonyl (C=O) groups excluding carboxylic acids is 1. The summed E-state index contributed by atoms with van der Waals surface area (Å²) in [6.07, 6.45) is 0.561. The van der Waals surface area contributed by atoms with Gasteiger partial charge in [-0.15, -0.1) is 0 Å². The Labute approximate surface area is 150 Å². The normalized spacial score (nSPS) is 17.2. The molecule has 0 saturated carbocycles. The van der Waals surface area contributed by atoms with Crippen LogP contribution in [0.4, 0.5) is 4.39 Å². The topological polar surface area (TPSA) is 47.6 Å². The molecule has 0 aliphatic carbocycles. The van der Waals surface area contributed by atoms with Gasteiger partial charge >= 0.3 is 0 Å². The molecule has 0 fully saturated rings. The maximum absolute atomic E-state index is 13.8. The fourth-order valence-corrected chi connectivity index (χ4v) is 3.09. The summed E-state index contributed by atoms with van der Waals surface area (Å²) in [6.45, 7) is 2.12. The second-order valence-electron chi connectivity index (χ2n) is 6.09. The first kappa shape index (κ1) is 17.5. The van der Waals surface area contributed by atoms with Gasteiger partial charge in [0.2, 0.25) is 5.91 Å². The average molecular weight is 364 g/mol. The largest absolute Gasteiger partial charge is 0.494 e. The number of ether oxygens (including phenoxy) is 2. The Hall–Kier alpha value is -2.27. The third kappa shape index (κ3) is 3.87. The zero-order chi connectivity index (χ0) is 18.0. The molecule has 0 radical (unpaired) electrons. The highest BCUT2D eigenvalue weighted by Crippen LogP contribution is 2.30. The lowest BCUT2D eigenvalue weighted by atomic mass is 9.95. The predicted octanol–water partition coefficient (Wildman–Crippen LogP) is 3.92. The van der Waals surface area contributed by atoms with E-state index in [0.717, 1.165) is 11.3 Å². The lowest BCUT2D eigenvalue weighted by Crippen LogP contribution is -2.38. The quantitative estimate of drug-likeness (QED) is 0.895. The molecule has 25 heavy (non-hydrogen) atoms. The summed E-state index contributed by atoms with van der Waals surface area (Å²) in [5.74, 6) is 0.0479. The average Bonchev–Trinajstić information content (AvgIpc) is 2.60. The van der Waals surface area contributed by atoms with E-state index in [9.17, 15) is 9.18 Å². The van der Waals surface area contributed by atoms with E-state index in [-0.39, 0.29) is 23.6 Å². The third-order valence-corrected chi connectivity index (χ3v) is 4.57. The van der Waals surface area contributed by atoms with Crippen LogP contribution in [0, 0.1) is 11.7 Å². The number of amides is 1. The maximum Gasteiger partial charge on any atom is 0.227 e. The molecule has 0 unspecified atom stereocenters. The van der Waals surface area contributed by atoms with E-state index in [0.29, 0.717) is 23.6 Å². The number of benzene rings is 2. The summed E-state index contributed by atoms with van der Waals surface area (Å²) in [7, 11) is 1.41. The monoisotopic (exact) mass is 363 g/mol. The van der Waals surface area contributed by atoms with E-state index in [1.807, 2.05) is 19.1 Å². The van der Waals surface area contributed by atoms with Crippen LogP contribution in [0.3, 0.4) is 0 Å². The number of halogens is 2. The summed E-state index contributed by atoms with van der Waals surface area (Å²) in [5.41, 5.74) is 1.59. The molecule has 0 aromatic heterocycles. The van der Waals surface area contributed by atoms with E-state index in [4.69, 9.17) is 21.1 Å². The van der Waals surface area contributed by atoms with Crippen molar-refractivity contribution >= 4 is 17.5 Å². The Kier molecular flexibility index (Phi) is 5.13. The van der Waals surface area contributed by atoms with Gasteiger partial charge in [0.1, 0.15) is 12.4 Å². The van der Waals surface area contributed by atoms with Crippen LogP contribution in [-0.2, 0) is 11.2 Å². The summed E-state index contributed by atoms with van der Waals surface area (Å²) >= 11 is 6.01. The van der Waals surface area contributed by atoms with Crippen LogP contribution in [0.15, 0.2) is 36.4 Å². The van der Waals surface area contributed by atoms with Gasteiger partial charge in [-0.05, 0) is 54.8 Å². The summed E-state index contributed by atoms with van der Waals surface area (Å²) in [4.78, 5) is 12.5. The summed E-state index contributed by atoms with van der Waals surface area (Å²) < 4.78 is 24.4. The van der Waals surface area contributed by atoms with Gasteiger partial charge in [0.05, 0.1) is 19.1 Å². The van der Waals surface area contributed by atoms with Gasteiger partial charge in [0.25, 0.3) is 0 Å². The van der Waals surface area contributed by atoms with Crippen LogP contribution >= 0.6 is 11.6 Å². The highest BCUT2D eigenvalue weighted by Gasteiger charge is 2.27. The van der Waals surface area contributed by atoms with Crippen molar-refractivity contribution in [2.24, 2.45) is 5.92 Å². The number of hydrogen-bond acceptors (Lipinski definition) is 3. The Bertz CT molecular complexity index is 796. The van der Waals surface area contributed by atoms with E-state index in [1.165, 1.54) is 13.2 Å². The van der Waals surface area contributed by atoms with Crippen LogP contribution < -0.4 is 14.8 Å². The fraction of sp³-hybridized carbons (Fsp3) is 0.316. The van der Waals surface area contributed by atoms with Gasteiger partial charge < -0.3 is 14.8 Å². The highest BCUT2D eigenvalue weighted by molar-refractivity contribution is 6.30. The number of methoxy groups -OCH3 is 1. The molecule has 1 N–H and O–H groups in total. The summed E-state index contributed by atoms with van der Waals surface area (Å²) in [6, 6.07) is 9.73. The predicted molar refractivity (Wildman–Crippen MR) is 93.7 cm³/mol. The van der Waals surface area contributed by atoms with Crippen LogP contribution in [0.2, 0.25) is 5.02 Å². The smallest absolute Gasteiger partial charge is 0.227 e. The van der Waals surface area contributed by atoms with E-state index in [1.54, 1.807) is 18.2 Å². The van der Waals surface area contributed by atoms with Gasteiger partial charge in [-0.25, -0.2) is 4.39 Å². The molecule has 2 atom stereocenters. The molecule has 132 valence electrons. The van der Waals surface area contributed by atoms with Gasteiger partial charge in [-0.2, -0.15) is 0 Å². The van der Waals surface area contributed by atoms with Gasteiger partial charge in [-0.1, -0.05) is 17.7 Å². The van der Waals surface area contributed by atoms with Gasteiger partial charge in [0, 0.05) is 5.02 Å². The number of fused-ring (bicyclic) bond motifs is 1. The van der Waals surface area contributed by atoms with Crippen molar-refractivity contribution in [2.75, 3.05) is 13.7 Å². The molecule has 1 aliphatic rings. The van der Waals surface area contributed by atoms with Crippen LogP contribution in [0.1, 0.15) is 24.1 Å². The SMILES string of the molecule is COc1ccc([C@H](C)NC(=O)[C@@H]2COc3ccc(Cl)cc3C2)cc1F.